The first-order valence-electron chi connectivity index (χ1n) is 5.84. The van der Waals surface area contributed by atoms with Crippen LogP contribution < -0.4 is 5.32 Å². The molecule has 1 fully saturated rings. The summed E-state index contributed by atoms with van der Waals surface area (Å²) in [4.78, 5) is 0. The zero-order valence-electron chi connectivity index (χ0n) is 10.3. The number of hydrogen-bond acceptors (Lipinski definition) is 4. The molecule has 0 aliphatic carbocycles. The molecular formula is C11H19ClN2O2S2. The third kappa shape index (κ3) is 3.68. The Kier molecular flexibility index (Phi) is 6.07. The lowest BCUT2D eigenvalue weighted by Crippen LogP contribution is -2.44. The molecule has 7 heteroatoms. The minimum absolute atomic E-state index is 0. The molecule has 104 valence electrons. The number of nitrogens with one attached hydrogen (secondary N) is 1. The van der Waals surface area contributed by atoms with Gasteiger partial charge >= 0.3 is 0 Å². The fraction of sp³-hybridized carbons (Fsp3) is 0.636. The van der Waals surface area contributed by atoms with Crippen LogP contribution in [0.25, 0.3) is 0 Å². The smallest absolute Gasteiger partial charge is 0.252 e. The number of piperidine rings is 1. The predicted octanol–water partition coefficient (Wildman–Crippen LogP) is 1.93. The van der Waals surface area contributed by atoms with Gasteiger partial charge < -0.3 is 5.32 Å². The van der Waals surface area contributed by atoms with Crippen LogP contribution in [0.5, 0.6) is 0 Å². The minimum Gasteiger partial charge on any atom is -0.313 e. The van der Waals surface area contributed by atoms with Crippen molar-refractivity contribution in [2.24, 2.45) is 0 Å². The van der Waals surface area contributed by atoms with Crippen LogP contribution in [0.2, 0.25) is 0 Å². The molecule has 1 aromatic heterocycles. The summed E-state index contributed by atoms with van der Waals surface area (Å²) < 4.78 is 26.2. The Morgan fingerprint density at radius 3 is 2.83 bits per heavy atom. The van der Waals surface area contributed by atoms with Gasteiger partial charge in [0.15, 0.2) is 0 Å². The number of halogens is 1. The van der Waals surface area contributed by atoms with E-state index in [1.54, 1.807) is 24.6 Å². The van der Waals surface area contributed by atoms with Crippen LogP contribution in [0.3, 0.4) is 0 Å². The molecule has 0 spiro atoms. The van der Waals surface area contributed by atoms with E-state index in [0.29, 0.717) is 16.8 Å². The highest BCUT2D eigenvalue weighted by molar-refractivity contribution is 7.91. The highest BCUT2D eigenvalue weighted by Gasteiger charge is 2.25. The van der Waals surface area contributed by atoms with Crippen molar-refractivity contribution >= 4 is 33.8 Å². The van der Waals surface area contributed by atoms with E-state index in [-0.39, 0.29) is 12.4 Å². The summed E-state index contributed by atoms with van der Waals surface area (Å²) in [5.41, 5.74) is 0. The second-order valence-corrected chi connectivity index (χ2v) is 7.58. The van der Waals surface area contributed by atoms with Crippen LogP contribution in [0.15, 0.2) is 21.7 Å². The topological polar surface area (TPSA) is 49.4 Å². The summed E-state index contributed by atoms with van der Waals surface area (Å²) >= 11 is 1.27. The van der Waals surface area contributed by atoms with E-state index < -0.39 is 10.0 Å². The van der Waals surface area contributed by atoms with Crippen LogP contribution >= 0.6 is 23.7 Å². The third-order valence-corrected chi connectivity index (χ3v) is 6.25. The molecular weight excluding hydrogens is 292 g/mol. The first-order valence-corrected chi connectivity index (χ1v) is 8.16. The van der Waals surface area contributed by atoms with Gasteiger partial charge in [-0.1, -0.05) is 12.5 Å². The van der Waals surface area contributed by atoms with Gasteiger partial charge in [-0.2, -0.15) is 4.31 Å². The second-order valence-electron chi connectivity index (χ2n) is 4.36. The summed E-state index contributed by atoms with van der Waals surface area (Å²) in [6.45, 7) is 1.55. The number of hydrogen-bond donors (Lipinski definition) is 1. The Hall–Kier alpha value is -0.140. The van der Waals surface area contributed by atoms with Crippen molar-refractivity contribution in [1.29, 1.82) is 0 Å². The first kappa shape index (κ1) is 15.9. The Balaban J connectivity index is 0.00000162. The van der Waals surface area contributed by atoms with Crippen molar-refractivity contribution in [2.45, 2.75) is 29.5 Å². The fourth-order valence-corrected chi connectivity index (χ4v) is 4.47. The normalized spacial score (nSPS) is 20.7. The summed E-state index contributed by atoms with van der Waals surface area (Å²) in [6, 6.07) is 3.72. The molecule has 1 N–H and O–H groups in total. The van der Waals surface area contributed by atoms with Gasteiger partial charge in [0.2, 0.25) is 0 Å². The zero-order chi connectivity index (χ0) is 12.3. The van der Waals surface area contributed by atoms with Gasteiger partial charge in [-0.05, 0) is 30.8 Å². The molecule has 2 heterocycles. The van der Waals surface area contributed by atoms with E-state index >= 15 is 0 Å². The van der Waals surface area contributed by atoms with Crippen LogP contribution in [-0.2, 0) is 10.0 Å². The monoisotopic (exact) mass is 310 g/mol. The van der Waals surface area contributed by atoms with Gasteiger partial charge in [-0.25, -0.2) is 8.42 Å². The summed E-state index contributed by atoms with van der Waals surface area (Å²) in [5, 5.41) is 5.16. The van der Waals surface area contributed by atoms with E-state index in [2.05, 4.69) is 5.32 Å². The van der Waals surface area contributed by atoms with Crippen molar-refractivity contribution in [3.63, 3.8) is 0 Å². The maximum absolute atomic E-state index is 12.2. The van der Waals surface area contributed by atoms with Gasteiger partial charge in [0.1, 0.15) is 4.21 Å². The van der Waals surface area contributed by atoms with Crippen molar-refractivity contribution in [3.8, 4) is 0 Å². The molecule has 0 radical (unpaired) electrons. The number of likely N-dealkylation sites (N-methyl/N-ethyl adjacent to an activating group) is 1. The fourth-order valence-electron chi connectivity index (χ4n) is 2.05. The molecule has 0 bridgehead atoms. The minimum atomic E-state index is -3.28. The lowest BCUT2D eigenvalue weighted by atomic mass is 10.1. The molecule has 1 unspecified atom stereocenters. The van der Waals surface area contributed by atoms with Gasteiger partial charge in [0.25, 0.3) is 10.0 Å². The third-order valence-electron chi connectivity index (χ3n) is 3.05. The Morgan fingerprint density at radius 1 is 1.50 bits per heavy atom. The molecule has 2 rings (SSSR count). The summed E-state index contributed by atoms with van der Waals surface area (Å²) in [5.74, 6) is 0. The molecule has 0 amide bonds. The van der Waals surface area contributed by atoms with Crippen molar-refractivity contribution in [3.05, 3.63) is 17.5 Å². The SMILES string of the molecule is CN(CC1CCCCN1)S(=O)(=O)c1cccs1.Cl. The van der Waals surface area contributed by atoms with Gasteiger partial charge in [-0.15, -0.1) is 23.7 Å². The largest absolute Gasteiger partial charge is 0.313 e. The lowest BCUT2D eigenvalue weighted by Gasteiger charge is -2.27. The average molecular weight is 311 g/mol. The number of thiophene rings is 1. The summed E-state index contributed by atoms with van der Waals surface area (Å²) in [7, 11) is -1.63. The van der Waals surface area contributed by atoms with Gasteiger partial charge in [0, 0.05) is 19.6 Å². The van der Waals surface area contributed by atoms with E-state index in [1.807, 2.05) is 0 Å². The van der Waals surface area contributed by atoms with Crippen LogP contribution in [0.1, 0.15) is 19.3 Å². The maximum atomic E-state index is 12.2. The van der Waals surface area contributed by atoms with Crippen LogP contribution in [0, 0.1) is 0 Å². The Bertz CT molecular complexity index is 442. The zero-order valence-corrected chi connectivity index (χ0v) is 12.8. The molecule has 1 atom stereocenters. The van der Waals surface area contributed by atoms with Crippen molar-refractivity contribution in [2.75, 3.05) is 20.1 Å². The standard InChI is InChI=1S/C11H18N2O2S2.ClH/c1-13(9-10-5-2-3-7-12-10)17(14,15)11-6-4-8-16-11;/h4,6,8,10,12H,2-3,5,7,9H2,1H3;1H. The predicted molar refractivity (Wildman–Crippen MR) is 77.0 cm³/mol. The Labute approximate surface area is 119 Å². The van der Waals surface area contributed by atoms with Crippen molar-refractivity contribution < 1.29 is 8.42 Å². The van der Waals surface area contributed by atoms with E-state index in [0.717, 1.165) is 13.0 Å². The molecule has 1 aliphatic heterocycles. The number of sulfonamides is 1. The number of rotatable bonds is 4. The average Bonchev–Trinajstić information content (AvgIpc) is 2.84. The molecule has 1 aromatic rings. The highest BCUT2D eigenvalue weighted by Crippen LogP contribution is 2.20. The highest BCUT2D eigenvalue weighted by atomic mass is 35.5. The van der Waals surface area contributed by atoms with E-state index in [4.69, 9.17) is 0 Å². The molecule has 1 aliphatic rings. The molecule has 4 nitrogen and oxygen atoms in total. The molecule has 0 saturated carbocycles. The quantitative estimate of drug-likeness (QED) is 0.924. The number of nitrogens with zero attached hydrogens (tertiary/aromatic N) is 1. The Morgan fingerprint density at radius 2 is 2.28 bits per heavy atom. The van der Waals surface area contributed by atoms with Gasteiger partial charge in [-0.3, -0.25) is 0 Å². The van der Waals surface area contributed by atoms with Gasteiger partial charge in [0.05, 0.1) is 0 Å². The van der Waals surface area contributed by atoms with Crippen LogP contribution in [0.4, 0.5) is 0 Å². The van der Waals surface area contributed by atoms with E-state index in [1.165, 1.54) is 28.5 Å². The summed E-state index contributed by atoms with van der Waals surface area (Å²) in [6.07, 6.45) is 3.44. The lowest BCUT2D eigenvalue weighted by molar-refractivity contribution is 0.338. The van der Waals surface area contributed by atoms with E-state index in [9.17, 15) is 8.42 Å². The molecule has 1 saturated heterocycles. The van der Waals surface area contributed by atoms with Crippen molar-refractivity contribution in [1.82, 2.24) is 9.62 Å². The molecule has 0 aromatic carbocycles. The second kappa shape index (κ2) is 6.86. The first-order chi connectivity index (χ1) is 8.10. The maximum Gasteiger partial charge on any atom is 0.252 e. The van der Waals surface area contributed by atoms with Crippen LogP contribution in [-0.4, -0.2) is 38.9 Å². The molecule has 18 heavy (non-hydrogen) atoms.